The first-order valence-electron chi connectivity index (χ1n) is 12.0. The van der Waals surface area contributed by atoms with Crippen molar-refractivity contribution in [2.75, 3.05) is 29.9 Å². The van der Waals surface area contributed by atoms with Crippen LogP contribution in [0.4, 0.5) is 11.5 Å². The van der Waals surface area contributed by atoms with Crippen molar-refractivity contribution in [3.63, 3.8) is 0 Å². The van der Waals surface area contributed by atoms with E-state index in [1.807, 2.05) is 60.7 Å². The SMILES string of the molecule is CC1CCN(c2ccc(-c3cccc(NC(=O)COc4ccc(C(C)(C)C)cc4)c3)nn2)CC1. The number of carbonyl (C=O) groups excluding carboxylic acids is 1. The van der Waals surface area contributed by atoms with E-state index >= 15 is 0 Å². The number of anilines is 2. The Kier molecular flexibility index (Phi) is 7.15. The Morgan fingerprint density at radius 2 is 1.76 bits per heavy atom. The first-order valence-corrected chi connectivity index (χ1v) is 12.0. The van der Waals surface area contributed by atoms with E-state index in [2.05, 4.69) is 48.1 Å². The molecule has 2 aromatic carbocycles. The Morgan fingerprint density at radius 1 is 1.03 bits per heavy atom. The maximum atomic E-state index is 12.4. The molecule has 1 fully saturated rings. The number of nitrogens with zero attached hydrogens (tertiary/aromatic N) is 3. The highest BCUT2D eigenvalue weighted by Crippen LogP contribution is 2.26. The number of ether oxygens (including phenoxy) is 1. The fraction of sp³-hybridized carbons (Fsp3) is 0.393. The highest BCUT2D eigenvalue weighted by Gasteiger charge is 2.17. The molecule has 1 saturated heterocycles. The fourth-order valence-electron chi connectivity index (χ4n) is 4.04. The monoisotopic (exact) mass is 458 g/mol. The Hall–Kier alpha value is -3.41. The van der Waals surface area contributed by atoms with Crippen LogP contribution in [-0.2, 0) is 10.2 Å². The lowest BCUT2D eigenvalue weighted by molar-refractivity contribution is -0.118. The maximum Gasteiger partial charge on any atom is 0.262 e. The van der Waals surface area contributed by atoms with Crippen molar-refractivity contribution in [2.24, 2.45) is 5.92 Å². The molecule has 0 bridgehead atoms. The van der Waals surface area contributed by atoms with Crippen molar-refractivity contribution < 1.29 is 9.53 Å². The molecule has 1 amide bonds. The first-order chi connectivity index (χ1) is 16.3. The summed E-state index contributed by atoms with van der Waals surface area (Å²) in [6, 6.07) is 19.5. The summed E-state index contributed by atoms with van der Waals surface area (Å²) in [5, 5.41) is 11.8. The number of hydrogen-bond donors (Lipinski definition) is 1. The van der Waals surface area contributed by atoms with Crippen LogP contribution in [0.2, 0.25) is 0 Å². The van der Waals surface area contributed by atoms with Gasteiger partial charge in [-0.15, -0.1) is 10.2 Å². The smallest absolute Gasteiger partial charge is 0.262 e. The number of carbonyl (C=O) groups is 1. The van der Waals surface area contributed by atoms with Crippen molar-refractivity contribution in [2.45, 2.75) is 46.0 Å². The summed E-state index contributed by atoms with van der Waals surface area (Å²) in [6.45, 7) is 10.8. The van der Waals surface area contributed by atoms with Gasteiger partial charge in [-0.05, 0) is 66.1 Å². The first kappa shape index (κ1) is 23.7. The van der Waals surface area contributed by atoms with Gasteiger partial charge in [0.25, 0.3) is 5.91 Å². The second kappa shape index (κ2) is 10.2. The zero-order valence-electron chi connectivity index (χ0n) is 20.5. The van der Waals surface area contributed by atoms with Crippen LogP contribution in [0.3, 0.4) is 0 Å². The number of rotatable bonds is 6. The number of piperidine rings is 1. The molecule has 6 nitrogen and oxygen atoms in total. The van der Waals surface area contributed by atoms with Crippen molar-refractivity contribution in [1.29, 1.82) is 0 Å². The maximum absolute atomic E-state index is 12.4. The predicted molar refractivity (Wildman–Crippen MR) is 137 cm³/mol. The zero-order chi connectivity index (χ0) is 24.1. The molecule has 0 radical (unpaired) electrons. The van der Waals surface area contributed by atoms with Crippen LogP contribution in [-0.4, -0.2) is 35.8 Å². The number of benzene rings is 2. The van der Waals surface area contributed by atoms with Gasteiger partial charge in [0.1, 0.15) is 5.75 Å². The summed E-state index contributed by atoms with van der Waals surface area (Å²) in [4.78, 5) is 14.7. The van der Waals surface area contributed by atoms with Crippen LogP contribution >= 0.6 is 0 Å². The van der Waals surface area contributed by atoms with Crippen LogP contribution in [0.15, 0.2) is 60.7 Å². The summed E-state index contributed by atoms with van der Waals surface area (Å²) in [6.07, 6.45) is 2.38. The van der Waals surface area contributed by atoms with Gasteiger partial charge in [-0.1, -0.05) is 52.0 Å². The topological polar surface area (TPSA) is 67.4 Å². The number of hydrogen-bond acceptors (Lipinski definition) is 5. The third-order valence-corrected chi connectivity index (χ3v) is 6.29. The molecule has 0 aliphatic carbocycles. The lowest BCUT2D eigenvalue weighted by Crippen LogP contribution is -2.33. The Bertz CT molecular complexity index is 1100. The molecule has 2 heterocycles. The Labute approximate surface area is 202 Å². The molecular formula is C28H34N4O2. The van der Waals surface area contributed by atoms with E-state index in [9.17, 15) is 4.79 Å². The lowest BCUT2D eigenvalue weighted by atomic mass is 9.87. The average Bonchev–Trinajstić information content (AvgIpc) is 2.83. The highest BCUT2D eigenvalue weighted by atomic mass is 16.5. The highest BCUT2D eigenvalue weighted by molar-refractivity contribution is 5.92. The summed E-state index contributed by atoms with van der Waals surface area (Å²) in [5.74, 6) is 2.17. The lowest BCUT2D eigenvalue weighted by Gasteiger charge is -2.30. The number of nitrogens with one attached hydrogen (secondary N) is 1. The Morgan fingerprint density at radius 3 is 2.41 bits per heavy atom. The summed E-state index contributed by atoms with van der Waals surface area (Å²) < 4.78 is 5.66. The molecule has 1 aliphatic rings. The second-order valence-electron chi connectivity index (χ2n) is 10.1. The minimum Gasteiger partial charge on any atom is -0.484 e. The van der Waals surface area contributed by atoms with Gasteiger partial charge in [-0.3, -0.25) is 4.79 Å². The van der Waals surface area contributed by atoms with E-state index < -0.39 is 0 Å². The van der Waals surface area contributed by atoms with Crippen molar-refractivity contribution in [3.05, 3.63) is 66.2 Å². The normalized spacial score (nSPS) is 14.6. The molecule has 3 aromatic rings. The molecule has 0 saturated carbocycles. The van der Waals surface area contributed by atoms with E-state index in [1.165, 1.54) is 18.4 Å². The molecule has 178 valence electrons. The molecule has 34 heavy (non-hydrogen) atoms. The van der Waals surface area contributed by atoms with E-state index in [4.69, 9.17) is 4.74 Å². The largest absolute Gasteiger partial charge is 0.484 e. The van der Waals surface area contributed by atoms with Crippen molar-refractivity contribution >= 4 is 17.4 Å². The van der Waals surface area contributed by atoms with Gasteiger partial charge in [-0.25, -0.2) is 0 Å². The van der Waals surface area contributed by atoms with Gasteiger partial charge in [0, 0.05) is 24.3 Å². The molecule has 1 aromatic heterocycles. The van der Waals surface area contributed by atoms with Crippen molar-refractivity contribution in [3.8, 4) is 17.0 Å². The fourth-order valence-corrected chi connectivity index (χ4v) is 4.04. The zero-order valence-corrected chi connectivity index (χ0v) is 20.5. The molecule has 6 heteroatoms. The molecule has 0 unspecified atom stereocenters. The van der Waals surface area contributed by atoms with Gasteiger partial charge in [0.2, 0.25) is 0 Å². The summed E-state index contributed by atoms with van der Waals surface area (Å²) in [7, 11) is 0. The van der Waals surface area contributed by atoms with Gasteiger partial charge < -0.3 is 15.0 Å². The quantitative estimate of drug-likeness (QED) is 0.514. The van der Waals surface area contributed by atoms with Gasteiger partial charge >= 0.3 is 0 Å². The van der Waals surface area contributed by atoms with Crippen LogP contribution < -0.4 is 15.0 Å². The molecule has 0 spiro atoms. The summed E-state index contributed by atoms with van der Waals surface area (Å²) in [5.41, 5.74) is 3.69. The van der Waals surface area contributed by atoms with Gasteiger partial charge in [0.05, 0.1) is 5.69 Å². The van der Waals surface area contributed by atoms with Gasteiger partial charge in [-0.2, -0.15) is 0 Å². The van der Waals surface area contributed by atoms with E-state index in [0.717, 1.165) is 36.1 Å². The predicted octanol–water partition coefficient (Wildman–Crippen LogP) is 5.69. The molecule has 1 aliphatic heterocycles. The summed E-state index contributed by atoms with van der Waals surface area (Å²) >= 11 is 0. The number of amides is 1. The van der Waals surface area contributed by atoms with Crippen LogP contribution in [0.5, 0.6) is 5.75 Å². The van der Waals surface area contributed by atoms with Crippen LogP contribution in [0, 0.1) is 5.92 Å². The standard InChI is InChI=1S/C28H34N4O2/c1-20-14-16-32(17-15-20)26-13-12-25(30-31-26)21-6-5-7-23(18-21)29-27(33)19-34-24-10-8-22(9-11-24)28(2,3)4/h5-13,18,20H,14-17,19H2,1-4H3,(H,29,33). The third-order valence-electron chi connectivity index (χ3n) is 6.29. The molecular weight excluding hydrogens is 424 g/mol. The average molecular weight is 459 g/mol. The number of aromatic nitrogens is 2. The second-order valence-corrected chi connectivity index (χ2v) is 10.1. The third kappa shape index (κ3) is 6.13. The van der Waals surface area contributed by atoms with E-state index in [0.29, 0.717) is 11.4 Å². The minimum atomic E-state index is -0.210. The molecule has 4 rings (SSSR count). The van der Waals surface area contributed by atoms with Crippen LogP contribution in [0.1, 0.15) is 46.1 Å². The van der Waals surface area contributed by atoms with E-state index in [-0.39, 0.29) is 17.9 Å². The van der Waals surface area contributed by atoms with Crippen molar-refractivity contribution in [1.82, 2.24) is 10.2 Å². The molecule has 0 atom stereocenters. The van der Waals surface area contributed by atoms with Crippen LogP contribution in [0.25, 0.3) is 11.3 Å². The molecule has 1 N–H and O–H groups in total. The van der Waals surface area contributed by atoms with E-state index in [1.54, 1.807) is 0 Å². The minimum absolute atomic E-state index is 0.0535. The van der Waals surface area contributed by atoms with Gasteiger partial charge in [0.15, 0.2) is 12.4 Å². The Balaban J connectivity index is 1.33.